The van der Waals surface area contributed by atoms with Crippen molar-refractivity contribution in [1.29, 1.82) is 0 Å². The quantitative estimate of drug-likeness (QED) is 0.362. The molecule has 4 rings (SSSR count). The predicted molar refractivity (Wildman–Crippen MR) is 116 cm³/mol. The highest BCUT2D eigenvalue weighted by atomic mass is 16.3. The van der Waals surface area contributed by atoms with Gasteiger partial charge in [-0.15, -0.1) is 0 Å². The van der Waals surface area contributed by atoms with Gasteiger partial charge < -0.3 is 15.4 Å². The molecule has 1 aromatic heterocycles. The number of nitrogens with zero attached hydrogens (tertiary/aromatic N) is 2. The van der Waals surface area contributed by atoms with E-state index >= 15 is 0 Å². The molecule has 160 valence electrons. The minimum Gasteiger partial charge on any atom is -0.395 e. The maximum absolute atomic E-state index is 12.7. The predicted octanol–water partition coefficient (Wildman–Crippen LogP) is 1.27. The number of piperazine rings is 1. The van der Waals surface area contributed by atoms with E-state index in [1.807, 2.05) is 30.5 Å². The van der Waals surface area contributed by atoms with Crippen LogP contribution >= 0.6 is 0 Å². The Kier molecular flexibility index (Phi) is 6.62. The molecular formula is C23H30N4O3. The first-order chi connectivity index (χ1) is 14.7. The number of fused-ring (bicyclic) bond motifs is 1. The van der Waals surface area contributed by atoms with Gasteiger partial charge in [0.05, 0.1) is 12.2 Å². The summed E-state index contributed by atoms with van der Waals surface area (Å²) in [5.74, 6) is -0.216. The highest BCUT2D eigenvalue weighted by Gasteiger charge is 2.32. The Labute approximate surface area is 176 Å². The minimum atomic E-state index is -0.0772. The molecule has 1 saturated carbocycles. The maximum atomic E-state index is 12.7. The number of allylic oxidation sites excluding steroid dienone is 1. The lowest BCUT2D eigenvalue weighted by atomic mass is 9.80. The molecule has 2 fully saturated rings. The van der Waals surface area contributed by atoms with Gasteiger partial charge in [0, 0.05) is 87.9 Å². The summed E-state index contributed by atoms with van der Waals surface area (Å²) in [5.41, 5.74) is 2.39. The number of aromatic nitrogens is 1. The average Bonchev–Trinajstić information content (AvgIpc) is 3.18. The van der Waals surface area contributed by atoms with Crippen molar-refractivity contribution in [3.8, 4) is 0 Å². The van der Waals surface area contributed by atoms with Crippen molar-refractivity contribution in [3.63, 3.8) is 0 Å². The first-order valence-corrected chi connectivity index (χ1v) is 10.8. The monoisotopic (exact) mass is 410 g/mol. The van der Waals surface area contributed by atoms with Crippen molar-refractivity contribution >= 4 is 22.5 Å². The van der Waals surface area contributed by atoms with Gasteiger partial charge in [0.15, 0.2) is 11.6 Å². The van der Waals surface area contributed by atoms with Crippen LogP contribution in [0.1, 0.15) is 24.3 Å². The van der Waals surface area contributed by atoms with E-state index in [2.05, 4.69) is 20.1 Å². The van der Waals surface area contributed by atoms with E-state index < -0.39 is 0 Å². The second-order valence-electron chi connectivity index (χ2n) is 8.16. The summed E-state index contributed by atoms with van der Waals surface area (Å²) < 4.78 is 0. The van der Waals surface area contributed by atoms with Crippen molar-refractivity contribution in [1.82, 2.24) is 20.1 Å². The molecule has 1 aliphatic heterocycles. The van der Waals surface area contributed by atoms with Gasteiger partial charge in [0.25, 0.3) is 0 Å². The number of aromatic amines is 1. The number of carbonyl (C=O) groups is 2. The third-order valence-electron chi connectivity index (χ3n) is 6.23. The van der Waals surface area contributed by atoms with Crippen LogP contribution in [0.2, 0.25) is 0 Å². The summed E-state index contributed by atoms with van der Waals surface area (Å²) in [6.07, 6.45) is 4.29. The zero-order valence-electron chi connectivity index (χ0n) is 17.3. The smallest absolute Gasteiger partial charge is 0.168 e. The molecule has 7 nitrogen and oxygen atoms in total. The number of β-amino-alcohol motifs (C(OH)–C–C–N with tert-alkyl or cyclic N) is 1. The fourth-order valence-corrected chi connectivity index (χ4v) is 4.48. The molecule has 1 aromatic carbocycles. The molecule has 0 amide bonds. The van der Waals surface area contributed by atoms with E-state index in [4.69, 9.17) is 5.11 Å². The van der Waals surface area contributed by atoms with E-state index in [1.54, 1.807) is 6.20 Å². The Bertz CT molecular complexity index is 907. The lowest BCUT2D eigenvalue weighted by Crippen LogP contribution is -2.48. The number of Topliss-reactive ketones (excluding diaryl/α,β-unsaturated/α-hetero) is 2. The number of para-hydroxylation sites is 1. The zero-order valence-corrected chi connectivity index (χ0v) is 17.3. The molecule has 0 unspecified atom stereocenters. The van der Waals surface area contributed by atoms with Crippen LogP contribution in [-0.2, 0) is 9.59 Å². The first-order valence-electron chi connectivity index (χ1n) is 10.8. The number of carbonyl (C=O) groups excluding carboxylic acids is 2. The molecule has 0 bridgehead atoms. The minimum absolute atomic E-state index is 0.0616. The molecule has 1 aliphatic carbocycles. The number of ketones is 2. The Morgan fingerprint density at radius 3 is 2.40 bits per heavy atom. The second kappa shape index (κ2) is 9.55. The zero-order chi connectivity index (χ0) is 20.9. The van der Waals surface area contributed by atoms with Crippen molar-refractivity contribution in [2.75, 3.05) is 52.4 Å². The van der Waals surface area contributed by atoms with E-state index in [0.29, 0.717) is 25.0 Å². The van der Waals surface area contributed by atoms with Gasteiger partial charge in [0.1, 0.15) is 0 Å². The topological polar surface area (TPSA) is 88.7 Å². The fraction of sp³-hybridized carbons (Fsp3) is 0.478. The SMILES string of the molecule is O=C1CC(c2c[nH]c3ccccc23)CC(=O)C1=CNCCN1CCN(CCO)CC1. The molecule has 7 heteroatoms. The van der Waals surface area contributed by atoms with Crippen molar-refractivity contribution in [3.05, 3.63) is 47.8 Å². The van der Waals surface area contributed by atoms with Gasteiger partial charge in [-0.3, -0.25) is 19.4 Å². The van der Waals surface area contributed by atoms with Gasteiger partial charge in [-0.2, -0.15) is 0 Å². The summed E-state index contributed by atoms with van der Waals surface area (Å²) in [5, 5.41) is 13.3. The van der Waals surface area contributed by atoms with Gasteiger partial charge >= 0.3 is 0 Å². The summed E-state index contributed by atoms with van der Waals surface area (Å²) in [6.45, 7) is 6.40. The van der Waals surface area contributed by atoms with Gasteiger partial charge in [-0.25, -0.2) is 0 Å². The van der Waals surface area contributed by atoms with Crippen LogP contribution in [0.4, 0.5) is 0 Å². The molecule has 3 N–H and O–H groups in total. The largest absolute Gasteiger partial charge is 0.395 e. The van der Waals surface area contributed by atoms with Crippen LogP contribution in [0.15, 0.2) is 42.2 Å². The van der Waals surface area contributed by atoms with Gasteiger partial charge in [-0.05, 0) is 11.6 Å². The summed E-state index contributed by atoms with van der Waals surface area (Å²) in [7, 11) is 0. The standard InChI is InChI=1S/C23H30N4O3/c28-12-11-27-9-7-26(8-10-27)6-5-24-15-20-22(29)13-17(14-23(20)30)19-16-25-21-4-2-1-3-18(19)21/h1-4,15-17,24-25,28H,5-14H2. The number of hydrogen-bond donors (Lipinski definition) is 3. The molecule has 30 heavy (non-hydrogen) atoms. The molecule has 2 heterocycles. The van der Waals surface area contributed by atoms with Crippen LogP contribution in [0.3, 0.4) is 0 Å². The molecule has 0 atom stereocenters. The van der Waals surface area contributed by atoms with Crippen LogP contribution in [0.5, 0.6) is 0 Å². The van der Waals surface area contributed by atoms with Crippen molar-refractivity contribution < 1.29 is 14.7 Å². The van der Waals surface area contributed by atoms with Crippen LogP contribution in [-0.4, -0.2) is 83.9 Å². The summed E-state index contributed by atoms with van der Waals surface area (Å²) in [4.78, 5) is 33.2. The van der Waals surface area contributed by atoms with E-state index in [9.17, 15) is 9.59 Å². The summed E-state index contributed by atoms with van der Waals surface area (Å²) >= 11 is 0. The Morgan fingerprint density at radius 2 is 1.70 bits per heavy atom. The Balaban J connectivity index is 1.28. The summed E-state index contributed by atoms with van der Waals surface area (Å²) in [6, 6.07) is 7.99. The molecule has 1 saturated heterocycles. The Morgan fingerprint density at radius 1 is 1.03 bits per heavy atom. The fourth-order valence-electron chi connectivity index (χ4n) is 4.48. The van der Waals surface area contributed by atoms with Crippen molar-refractivity contribution in [2.45, 2.75) is 18.8 Å². The number of rotatable bonds is 7. The van der Waals surface area contributed by atoms with Gasteiger partial charge in [-0.1, -0.05) is 18.2 Å². The average molecular weight is 411 g/mol. The molecule has 2 aliphatic rings. The molecule has 0 radical (unpaired) electrons. The van der Waals surface area contributed by atoms with E-state index in [0.717, 1.165) is 55.7 Å². The number of benzene rings is 1. The maximum Gasteiger partial charge on any atom is 0.168 e. The second-order valence-corrected chi connectivity index (χ2v) is 8.16. The normalized spacial score (nSPS) is 21.4. The highest BCUT2D eigenvalue weighted by Crippen LogP contribution is 2.35. The number of H-pyrrole nitrogens is 1. The molecule has 0 spiro atoms. The lowest BCUT2D eigenvalue weighted by molar-refractivity contribution is -0.124. The highest BCUT2D eigenvalue weighted by molar-refractivity contribution is 6.22. The number of nitrogens with one attached hydrogen (secondary N) is 2. The Hall–Kier alpha value is -2.48. The third kappa shape index (κ3) is 4.64. The first kappa shape index (κ1) is 20.8. The van der Waals surface area contributed by atoms with Crippen LogP contribution in [0, 0.1) is 0 Å². The molecular weight excluding hydrogens is 380 g/mol. The van der Waals surface area contributed by atoms with E-state index in [1.165, 1.54) is 0 Å². The molecule has 2 aromatic rings. The lowest BCUT2D eigenvalue weighted by Gasteiger charge is -2.34. The van der Waals surface area contributed by atoms with Crippen LogP contribution < -0.4 is 5.32 Å². The number of aliphatic hydroxyl groups is 1. The van der Waals surface area contributed by atoms with E-state index in [-0.39, 0.29) is 24.1 Å². The number of aliphatic hydroxyl groups excluding tert-OH is 1. The number of hydrogen-bond acceptors (Lipinski definition) is 6. The van der Waals surface area contributed by atoms with Crippen LogP contribution in [0.25, 0.3) is 10.9 Å². The van der Waals surface area contributed by atoms with Gasteiger partial charge in [0.2, 0.25) is 0 Å². The third-order valence-corrected chi connectivity index (χ3v) is 6.23. The van der Waals surface area contributed by atoms with Crippen molar-refractivity contribution in [2.24, 2.45) is 0 Å².